The molecule has 0 aliphatic rings. The van der Waals surface area contributed by atoms with Gasteiger partial charge in [0.25, 0.3) is 0 Å². The van der Waals surface area contributed by atoms with Gasteiger partial charge in [0.2, 0.25) is 0 Å². The van der Waals surface area contributed by atoms with Crippen molar-refractivity contribution in [3.05, 3.63) is 65.5 Å². The van der Waals surface area contributed by atoms with Crippen LogP contribution in [-0.4, -0.2) is 44.9 Å². The fraction of sp³-hybridized carbons (Fsp3) is 0.286. The first-order chi connectivity index (χ1) is 14.0. The molecule has 1 unspecified atom stereocenters. The molecular weight excluding hydrogens is 533 g/mol. The minimum absolute atomic E-state index is 0. The zero-order valence-corrected chi connectivity index (χ0v) is 20.6. The van der Waals surface area contributed by atoms with Crippen LogP contribution in [0.3, 0.4) is 0 Å². The first kappa shape index (κ1) is 24.6. The number of guanidine groups is 1. The van der Waals surface area contributed by atoms with Gasteiger partial charge in [0.1, 0.15) is 6.10 Å². The molecule has 1 aromatic heterocycles. The molecule has 0 spiro atoms. The Morgan fingerprint density at radius 2 is 1.80 bits per heavy atom. The number of hydrogen-bond acceptors (Lipinski definition) is 5. The molecule has 3 N–H and O–H groups in total. The Morgan fingerprint density at radius 1 is 1.10 bits per heavy atom. The van der Waals surface area contributed by atoms with Crippen LogP contribution in [0.5, 0.6) is 0 Å². The summed E-state index contributed by atoms with van der Waals surface area (Å²) in [5.74, 6) is 0.441. The second kappa shape index (κ2) is 11.6. The third kappa shape index (κ3) is 6.66. The average Bonchev–Trinajstić information content (AvgIpc) is 3.17. The number of fused-ring (bicyclic) bond motifs is 1. The first-order valence-corrected chi connectivity index (χ1v) is 11.9. The Bertz CT molecular complexity index is 1040. The van der Waals surface area contributed by atoms with Crippen molar-refractivity contribution in [2.24, 2.45) is 4.99 Å². The lowest BCUT2D eigenvalue weighted by molar-refractivity contribution is 0.191. The zero-order valence-electron chi connectivity index (χ0n) is 16.6. The highest BCUT2D eigenvalue weighted by molar-refractivity contribution is 14.0. The third-order valence-corrected chi connectivity index (χ3v) is 7.25. The van der Waals surface area contributed by atoms with Crippen molar-refractivity contribution >= 4 is 61.2 Å². The first-order valence-electron chi connectivity index (χ1n) is 9.46. The fourth-order valence-corrected chi connectivity index (χ4v) is 5.05. The molecule has 162 valence electrons. The lowest BCUT2D eigenvalue weighted by Gasteiger charge is -2.13. The van der Waals surface area contributed by atoms with Crippen LogP contribution in [0.25, 0.3) is 10.1 Å². The molecule has 0 aliphatic heterocycles. The second-order valence-electron chi connectivity index (χ2n) is 6.48. The minimum atomic E-state index is -3.35. The van der Waals surface area contributed by atoms with Crippen molar-refractivity contribution < 1.29 is 13.5 Å². The standard InChI is InChI=1S/C21H25N3O3S2.HI/c1-2-22-21(23-12-13-29(26,27)17-9-4-3-5-10-17)24-15-18(25)20-14-16-8-6-7-11-19(16)28-20;/h3-11,14,18,25H,2,12-13,15H2,1H3,(H2,22,23,24);1H. The van der Waals surface area contributed by atoms with Gasteiger partial charge in [0.15, 0.2) is 15.8 Å². The van der Waals surface area contributed by atoms with Gasteiger partial charge in [0, 0.05) is 22.7 Å². The smallest absolute Gasteiger partial charge is 0.191 e. The second-order valence-corrected chi connectivity index (χ2v) is 9.71. The molecule has 0 saturated heterocycles. The summed E-state index contributed by atoms with van der Waals surface area (Å²) < 4.78 is 25.9. The number of thiophene rings is 1. The number of aliphatic hydroxyl groups excluding tert-OH is 1. The van der Waals surface area contributed by atoms with E-state index in [0.717, 1.165) is 15.0 Å². The molecule has 3 rings (SSSR count). The van der Waals surface area contributed by atoms with Gasteiger partial charge in [0.05, 0.1) is 17.2 Å². The van der Waals surface area contributed by atoms with Gasteiger partial charge in [-0.05, 0) is 36.6 Å². The highest BCUT2D eigenvalue weighted by atomic mass is 127. The molecule has 9 heteroatoms. The summed E-state index contributed by atoms with van der Waals surface area (Å²) in [6.45, 7) is 2.98. The zero-order chi connectivity index (χ0) is 20.7. The van der Waals surface area contributed by atoms with Gasteiger partial charge in [-0.1, -0.05) is 36.4 Å². The Kier molecular flexibility index (Phi) is 9.53. The number of rotatable bonds is 8. The van der Waals surface area contributed by atoms with E-state index in [4.69, 9.17) is 0 Å². The largest absolute Gasteiger partial charge is 0.386 e. The Balaban J connectivity index is 0.00000320. The number of aliphatic imine (C=N–C) groups is 1. The number of nitrogens with one attached hydrogen (secondary N) is 2. The monoisotopic (exact) mass is 559 g/mol. The van der Waals surface area contributed by atoms with Crippen molar-refractivity contribution in [2.75, 3.05) is 25.4 Å². The molecule has 1 atom stereocenters. The van der Waals surface area contributed by atoms with E-state index in [1.807, 2.05) is 37.3 Å². The topological polar surface area (TPSA) is 90.8 Å². The van der Waals surface area contributed by atoms with Crippen LogP contribution < -0.4 is 10.6 Å². The van der Waals surface area contributed by atoms with E-state index < -0.39 is 15.9 Å². The lowest BCUT2D eigenvalue weighted by Crippen LogP contribution is -2.39. The summed E-state index contributed by atoms with van der Waals surface area (Å²) in [5, 5.41) is 17.7. The molecule has 30 heavy (non-hydrogen) atoms. The number of halogens is 1. The maximum Gasteiger partial charge on any atom is 0.191 e. The highest BCUT2D eigenvalue weighted by Crippen LogP contribution is 2.29. The predicted octanol–water partition coefficient (Wildman–Crippen LogP) is 3.58. The van der Waals surface area contributed by atoms with E-state index in [1.54, 1.807) is 41.7 Å². The van der Waals surface area contributed by atoms with E-state index in [1.165, 1.54) is 0 Å². The number of sulfone groups is 1. The molecular formula is C21H26IN3O3S2. The Morgan fingerprint density at radius 3 is 2.50 bits per heavy atom. The van der Waals surface area contributed by atoms with Crippen LogP contribution in [0.15, 0.2) is 70.6 Å². The van der Waals surface area contributed by atoms with Gasteiger partial charge < -0.3 is 15.7 Å². The molecule has 0 bridgehead atoms. The van der Waals surface area contributed by atoms with Gasteiger partial charge >= 0.3 is 0 Å². The number of hydrogen-bond donors (Lipinski definition) is 3. The summed E-state index contributed by atoms with van der Waals surface area (Å²) in [5.41, 5.74) is 0. The van der Waals surface area contributed by atoms with Crippen LogP contribution in [0, 0.1) is 0 Å². The van der Waals surface area contributed by atoms with Gasteiger partial charge in [-0.2, -0.15) is 0 Å². The number of aliphatic hydroxyl groups is 1. The van der Waals surface area contributed by atoms with Crippen LogP contribution >= 0.6 is 35.3 Å². The van der Waals surface area contributed by atoms with E-state index in [9.17, 15) is 13.5 Å². The summed E-state index contributed by atoms with van der Waals surface area (Å²) in [4.78, 5) is 5.58. The predicted molar refractivity (Wildman–Crippen MR) is 135 cm³/mol. The molecule has 0 saturated carbocycles. The van der Waals surface area contributed by atoms with E-state index >= 15 is 0 Å². The van der Waals surface area contributed by atoms with Crippen molar-refractivity contribution in [3.63, 3.8) is 0 Å². The fourth-order valence-electron chi connectivity index (χ4n) is 2.83. The summed E-state index contributed by atoms with van der Waals surface area (Å²) in [6, 6.07) is 18.4. The molecule has 2 aromatic carbocycles. The lowest BCUT2D eigenvalue weighted by atomic mass is 10.2. The quantitative estimate of drug-likeness (QED) is 0.223. The van der Waals surface area contributed by atoms with Gasteiger partial charge in [-0.15, -0.1) is 35.3 Å². The summed E-state index contributed by atoms with van der Waals surface area (Å²) in [7, 11) is -3.35. The van der Waals surface area contributed by atoms with Gasteiger partial charge in [-0.25, -0.2) is 8.42 Å². The molecule has 0 aliphatic carbocycles. The molecule has 0 fully saturated rings. The number of nitrogens with zero attached hydrogens (tertiary/aromatic N) is 1. The Hall–Kier alpha value is -1.69. The normalized spacial score (nSPS) is 12.9. The highest BCUT2D eigenvalue weighted by Gasteiger charge is 2.14. The minimum Gasteiger partial charge on any atom is -0.386 e. The van der Waals surface area contributed by atoms with Crippen molar-refractivity contribution in [2.45, 2.75) is 17.9 Å². The van der Waals surface area contributed by atoms with E-state index in [2.05, 4.69) is 15.6 Å². The summed E-state index contributed by atoms with van der Waals surface area (Å²) >= 11 is 1.55. The van der Waals surface area contributed by atoms with Crippen molar-refractivity contribution in [1.82, 2.24) is 10.6 Å². The molecule has 0 radical (unpaired) electrons. The molecule has 1 heterocycles. The molecule has 3 aromatic rings. The van der Waals surface area contributed by atoms with Crippen LogP contribution in [0.1, 0.15) is 17.9 Å². The van der Waals surface area contributed by atoms with Crippen molar-refractivity contribution in [1.29, 1.82) is 0 Å². The van der Waals surface area contributed by atoms with Gasteiger partial charge in [-0.3, -0.25) is 4.99 Å². The van der Waals surface area contributed by atoms with E-state index in [-0.39, 0.29) is 42.8 Å². The molecule has 6 nitrogen and oxygen atoms in total. The van der Waals surface area contributed by atoms with Crippen molar-refractivity contribution in [3.8, 4) is 0 Å². The Labute approximate surface area is 198 Å². The molecule has 0 amide bonds. The maximum atomic E-state index is 12.4. The maximum absolute atomic E-state index is 12.4. The van der Waals surface area contributed by atoms with Crippen LogP contribution in [-0.2, 0) is 9.84 Å². The average molecular weight is 559 g/mol. The van der Waals surface area contributed by atoms with Crippen LogP contribution in [0.2, 0.25) is 0 Å². The summed E-state index contributed by atoms with van der Waals surface area (Å²) in [6.07, 6.45) is -0.712. The SMILES string of the molecule is CCNC(=NCC(O)c1cc2ccccc2s1)NCCS(=O)(=O)c1ccccc1.I. The number of benzene rings is 2. The van der Waals surface area contributed by atoms with Crippen LogP contribution in [0.4, 0.5) is 0 Å². The van der Waals surface area contributed by atoms with E-state index in [0.29, 0.717) is 17.4 Å². The third-order valence-electron chi connectivity index (χ3n) is 4.31.